The number of likely N-dealkylation sites (tertiary alicyclic amines) is 1. The molecule has 0 radical (unpaired) electrons. The zero-order chi connectivity index (χ0) is 50.4. The topological polar surface area (TPSA) is 186 Å². The van der Waals surface area contributed by atoms with Gasteiger partial charge in [0.1, 0.15) is 17.9 Å². The maximum absolute atomic E-state index is 14.5. The molecule has 3 atom stereocenters. The van der Waals surface area contributed by atoms with Crippen molar-refractivity contribution in [1.29, 1.82) is 0 Å². The van der Waals surface area contributed by atoms with E-state index in [-0.39, 0.29) is 18.4 Å². The van der Waals surface area contributed by atoms with E-state index in [0.717, 1.165) is 18.4 Å². The van der Waals surface area contributed by atoms with Gasteiger partial charge in [-0.15, -0.1) is 0 Å². The minimum absolute atomic E-state index is 0.183. The van der Waals surface area contributed by atoms with Gasteiger partial charge in [-0.2, -0.15) is 0 Å². The first-order chi connectivity index (χ1) is 34.2. The quantitative estimate of drug-likeness (QED) is 0.0517. The molecular weight excluding hydrogens is 909 g/mol. The number of esters is 1. The van der Waals surface area contributed by atoms with Crippen LogP contribution in [0.5, 0.6) is 34.5 Å². The van der Waals surface area contributed by atoms with Crippen molar-refractivity contribution in [2.45, 2.75) is 70.4 Å². The van der Waals surface area contributed by atoms with E-state index in [2.05, 4.69) is 5.32 Å². The summed E-state index contributed by atoms with van der Waals surface area (Å²) in [6.07, 6.45) is 2.63. The average molecular weight is 985 g/mol. The van der Waals surface area contributed by atoms with Crippen LogP contribution in [-0.2, 0) is 54.0 Å². The lowest BCUT2D eigenvalue weighted by atomic mass is 9.91. The minimum Gasteiger partial charge on any atom is -0.493 e. The van der Waals surface area contributed by atoms with Crippen molar-refractivity contribution in [1.82, 2.24) is 10.2 Å². The van der Waals surface area contributed by atoms with Crippen LogP contribution in [0.2, 0.25) is 0 Å². The molecule has 1 fully saturated rings. The number of hydrogen-bond acceptors (Lipinski definition) is 16. The molecule has 0 aliphatic carbocycles. The Kier molecular flexibility index (Phi) is 27.2. The van der Waals surface area contributed by atoms with Gasteiger partial charge in [0.2, 0.25) is 11.7 Å². The number of ether oxygens (including phenoxy) is 13. The molecule has 1 N–H and O–H groups in total. The largest absolute Gasteiger partial charge is 0.493 e. The number of piperidine rings is 1. The molecular formula is C52H76N2O16. The summed E-state index contributed by atoms with van der Waals surface area (Å²) >= 11 is 0. The second-order valence-electron chi connectivity index (χ2n) is 16.1. The number of aryl methyl sites for hydroxylation is 1. The molecule has 3 aromatic carbocycles. The molecule has 1 aliphatic heterocycles. The molecule has 18 nitrogen and oxygen atoms in total. The van der Waals surface area contributed by atoms with E-state index in [1.807, 2.05) is 38.1 Å². The summed E-state index contributed by atoms with van der Waals surface area (Å²) in [4.78, 5) is 43.3. The maximum Gasteiger partial charge on any atom is 0.329 e. The molecule has 1 aliphatic rings. The predicted molar refractivity (Wildman–Crippen MR) is 261 cm³/mol. The van der Waals surface area contributed by atoms with Gasteiger partial charge in [-0.3, -0.25) is 9.59 Å². The fourth-order valence-corrected chi connectivity index (χ4v) is 7.85. The first-order valence-corrected chi connectivity index (χ1v) is 24.2. The van der Waals surface area contributed by atoms with Crippen LogP contribution in [0.3, 0.4) is 0 Å². The molecule has 0 bridgehead atoms. The predicted octanol–water partition coefficient (Wildman–Crippen LogP) is 6.14. The van der Waals surface area contributed by atoms with Gasteiger partial charge < -0.3 is 71.8 Å². The molecule has 0 unspecified atom stereocenters. The van der Waals surface area contributed by atoms with E-state index >= 15 is 0 Å². The molecule has 0 aromatic heterocycles. The molecule has 70 heavy (non-hydrogen) atoms. The Morgan fingerprint density at radius 1 is 0.643 bits per heavy atom. The summed E-state index contributed by atoms with van der Waals surface area (Å²) in [6.45, 7) is 10.1. The van der Waals surface area contributed by atoms with Gasteiger partial charge in [0.05, 0.1) is 114 Å². The molecule has 0 saturated carbocycles. The molecule has 0 spiro atoms. The van der Waals surface area contributed by atoms with E-state index in [1.54, 1.807) is 49.5 Å². The minimum atomic E-state index is -0.802. The van der Waals surface area contributed by atoms with E-state index < -0.39 is 24.0 Å². The fourth-order valence-electron chi connectivity index (χ4n) is 7.85. The molecule has 4 rings (SSSR count). The molecule has 1 saturated heterocycles. The number of hydrogen-bond donors (Lipinski definition) is 1. The summed E-state index contributed by atoms with van der Waals surface area (Å²) < 4.78 is 72.7. The monoisotopic (exact) mass is 985 g/mol. The van der Waals surface area contributed by atoms with Crippen LogP contribution < -0.4 is 33.7 Å². The number of benzene rings is 3. The average Bonchev–Trinajstić information content (AvgIpc) is 3.39. The van der Waals surface area contributed by atoms with Crippen LogP contribution >= 0.6 is 0 Å². The number of methoxy groups -OCH3 is 5. The summed E-state index contributed by atoms with van der Waals surface area (Å²) in [6, 6.07) is 15.6. The number of nitrogens with one attached hydrogen (secondary N) is 1. The first-order valence-electron chi connectivity index (χ1n) is 24.2. The highest BCUT2D eigenvalue weighted by Gasteiger charge is 2.38. The Hall–Kier alpha value is -5.37. The Balaban J connectivity index is 1.30. The van der Waals surface area contributed by atoms with Crippen LogP contribution in [0, 0.1) is 0 Å². The standard InChI is InChI=1S/C52H76N2O16/c1-8-42(40-35-47(60-5)50(62-7)48(36-40)61-6)51(56)54-21-11-10-15-43(54)52(57)70-44(18-16-38-17-19-45(58-3)46(33-38)59-4)39-13-12-14-41(34-39)69-37-49(55)53-20-22-64-25-26-66-29-30-68-32-31-67-28-27-65-24-23-63-9-2/h12-14,17,19,33-36,42-44H,8-11,15-16,18,20-32,37H2,1-7H3,(H,53,55)/t42-,43-,44+/m0/s1. The van der Waals surface area contributed by atoms with Crippen LogP contribution in [0.1, 0.15) is 74.7 Å². The molecule has 2 amide bonds. The van der Waals surface area contributed by atoms with Crippen molar-refractivity contribution >= 4 is 17.8 Å². The van der Waals surface area contributed by atoms with E-state index in [4.69, 9.17) is 61.6 Å². The van der Waals surface area contributed by atoms with Crippen molar-refractivity contribution in [3.63, 3.8) is 0 Å². The van der Waals surface area contributed by atoms with Crippen molar-refractivity contribution in [3.05, 3.63) is 71.3 Å². The Morgan fingerprint density at radius 2 is 1.24 bits per heavy atom. The van der Waals surface area contributed by atoms with E-state index in [0.29, 0.717) is 164 Å². The van der Waals surface area contributed by atoms with Gasteiger partial charge in [-0.1, -0.05) is 25.1 Å². The number of rotatable bonds is 36. The third kappa shape index (κ3) is 19.1. The third-order valence-corrected chi connectivity index (χ3v) is 11.5. The second kappa shape index (κ2) is 33.3. The van der Waals surface area contributed by atoms with Gasteiger partial charge in [0.25, 0.3) is 5.91 Å². The fraction of sp³-hybridized carbons (Fsp3) is 0.596. The highest BCUT2D eigenvalue weighted by molar-refractivity contribution is 5.89. The van der Waals surface area contributed by atoms with Gasteiger partial charge in [-0.25, -0.2) is 4.79 Å². The zero-order valence-electron chi connectivity index (χ0n) is 42.3. The number of amides is 2. The molecule has 1 heterocycles. The number of carbonyl (C=O) groups is 3. The molecule has 18 heteroatoms. The summed E-state index contributed by atoms with van der Waals surface area (Å²) in [5.41, 5.74) is 2.31. The van der Waals surface area contributed by atoms with Crippen LogP contribution in [0.4, 0.5) is 0 Å². The van der Waals surface area contributed by atoms with Gasteiger partial charge in [-0.05, 0) is 98.5 Å². The van der Waals surface area contributed by atoms with E-state index in [9.17, 15) is 14.4 Å². The van der Waals surface area contributed by atoms with Crippen LogP contribution in [0.25, 0.3) is 0 Å². The van der Waals surface area contributed by atoms with E-state index in [1.165, 1.54) is 21.3 Å². The lowest BCUT2D eigenvalue weighted by molar-refractivity contribution is -0.162. The highest BCUT2D eigenvalue weighted by Crippen LogP contribution is 2.41. The smallest absolute Gasteiger partial charge is 0.329 e. The normalized spacial score (nSPS) is 14.3. The summed E-state index contributed by atoms with van der Waals surface area (Å²) in [7, 11) is 7.75. The van der Waals surface area contributed by atoms with Gasteiger partial charge in [0, 0.05) is 19.7 Å². The van der Waals surface area contributed by atoms with Gasteiger partial charge >= 0.3 is 5.97 Å². The molecule has 3 aromatic rings. The zero-order valence-corrected chi connectivity index (χ0v) is 42.3. The van der Waals surface area contributed by atoms with Gasteiger partial charge in [0.15, 0.2) is 29.6 Å². The third-order valence-electron chi connectivity index (χ3n) is 11.5. The Labute approximate surface area is 413 Å². The van der Waals surface area contributed by atoms with Crippen molar-refractivity contribution < 1.29 is 76.0 Å². The Bertz CT molecular complexity index is 1960. The number of nitrogens with zero attached hydrogens (tertiary/aromatic N) is 1. The summed E-state index contributed by atoms with van der Waals surface area (Å²) in [5.74, 6) is 1.33. The number of carbonyl (C=O) groups excluding carboxylic acids is 3. The highest BCUT2D eigenvalue weighted by atomic mass is 16.6. The Morgan fingerprint density at radius 3 is 1.81 bits per heavy atom. The van der Waals surface area contributed by atoms with Crippen molar-refractivity contribution in [3.8, 4) is 34.5 Å². The lowest BCUT2D eigenvalue weighted by Gasteiger charge is -2.37. The lowest BCUT2D eigenvalue weighted by Crippen LogP contribution is -2.50. The first kappa shape index (κ1) is 57.2. The van der Waals surface area contributed by atoms with Crippen LogP contribution in [0.15, 0.2) is 54.6 Å². The van der Waals surface area contributed by atoms with Crippen LogP contribution in [-0.4, -0.2) is 163 Å². The van der Waals surface area contributed by atoms with Crippen molar-refractivity contribution in [2.75, 3.05) is 135 Å². The molecule has 390 valence electrons. The van der Waals surface area contributed by atoms with Crippen molar-refractivity contribution in [2.24, 2.45) is 0 Å². The SMILES string of the molecule is CCOCCOCCOCCOCCOCCOCCNC(=O)COc1cccc([C@@H](CCc2ccc(OC)c(OC)c2)OC(=O)[C@@H]2CCCCN2C(=O)[C@@H](CC)c2cc(OC)c(OC)c(OC)c2)c1. The summed E-state index contributed by atoms with van der Waals surface area (Å²) in [5, 5.41) is 2.80. The maximum atomic E-state index is 14.5. The second-order valence-corrected chi connectivity index (χ2v) is 16.1.